The molecule has 1 atom stereocenters. The minimum absolute atomic E-state index is 0.167. The van der Waals surface area contributed by atoms with Crippen LogP contribution in [0, 0.1) is 0 Å². The number of rotatable bonds is 1. The van der Waals surface area contributed by atoms with Gasteiger partial charge in [-0.05, 0) is 30.4 Å². The van der Waals surface area contributed by atoms with Gasteiger partial charge in [-0.15, -0.1) is 0 Å². The molecule has 0 fully saturated rings. The van der Waals surface area contributed by atoms with Gasteiger partial charge in [0.05, 0.1) is 5.56 Å². The second-order valence-corrected chi connectivity index (χ2v) is 3.91. The first-order valence-electron chi connectivity index (χ1n) is 5.23. The Morgan fingerprint density at radius 1 is 1.24 bits per heavy atom. The Hall–Kier alpha value is -2.36. The molecule has 1 aliphatic rings. The highest BCUT2D eigenvalue weighted by molar-refractivity contribution is 5.60. The van der Waals surface area contributed by atoms with Gasteiger partial charge in [0.15, 0.2) is 5.75 Å². The molecule has 86 valence electrons. The van der Waals surface area contributed by atoms with Crippen LogP contribution < -0.4 is 10.5 Å². The third kappa shape index (κ3) is 1.63. The van der Waals surface area contributed by atoms with Crippen molar-refractivity contribution in [1.82, 2.24) is 0 Å². The first-order valence-corrected chi connectivity index (χ1v) is 5.23. The van der Waals surface area contributed by atoms with E-state index in [4.69, 9.17) is 14.9 Å². The lowest BCUT2D eigenvalue weighted by molar-refractivity contribution is 0.244. The summed E-state index contributed by atoms with van der Waals surface area (Å²) in [6, 6.07) is 4.91. The van der Waals surface area contributed by atoms with Crippen molar-refractivity contribution < 1.29 is 14.3 Å². The van der Waals surface area contributed by atoms with Gasteiger partial charge in [0.2, 0.25) is 0 Å². The number of furan rings is 1. The largest absolute Gasteiger partial charge is 0.508 e. The number of ether oxygens (including phenoxy) is 1. The molecule has 3 N–H and O–H groups in total. The second kappa shape index (κ2) is 3.59. The Labute approximate surface area is 97.9 Å². The third-order valence-electron chi connectivity index (χ3n) is 2.72. The molecule has 0 saturated carbocycles. The van der Waals surface area contributed by atoms with Crippen LogP contribution in [-0.2, 0) is 0 Å². The topological polar surface area (TPSA) is 68.6 Å². The summed E-state index contributed by atoms with van der Waals surface area (Å²) in [6.45, 7) is 0. The standard InChI is InChI=1S/C13H11NO3/c14-9-2-3-11(15)10(5-9)12-4-1-8-6-16-7-13(8)17-12/h1-7,12,15H,14H2. The van der Waals surface area contributed by atoms with Crippen molar-refractivity contribution in [2.75, 3.05) is 5.73 Å². The zero-order valence-corrected chi connectivity index (χ0v) is 8.96. The SMILES string of the molecule is Nc1ccc(O)c(C2C=Cc3cocc3O2)c1. The van der Waals surface area contributed by atoms with Crippen molar-refractivity contribution in [2.24, 2.45) is 0 Å². The minimum Gasteiger partial charge on any atom is -0.508 e. The number of hydrogen-bond donors (Lipinski definition) is 2. The van der Waals surface area contributed by atoms with Gasteiger partial charge in [-0.3, -0.25) is 0 Å². The van der Waals surface area contributed by atoms with E-state index in [9.17, 15) is 5.11 Å². The molecule has 2 aromatic rings. The summed E-state index contributed by atoms with van der Waals surface area (Å²) >= 11 is 0. The van der Waals surface area contributed by atoms with Crippen LogP contribution in [-0.4, -0.2) is 5.11 Å². The molecule has 1 unspecified atom stereocenters. The number of hydrogen-bond acceptors (Lipinski definition) is 4. The van der Waals surface area contributed by atoms with E-state index in [0.717, 1.165) is 5.56 Å². The number of phenols is 1. The van der Waals surface area contributed by atoms with E-state index in [1.165, 1.54) is 6.26 Å². The van der Waals surface area contributed by atoms with E-state index in [1.54, 1.807) is 24.5 Å². The van der Waals surface area contributed by atoms with Gasteiger partial charge in [-0.2, -0.15) is 0 Å². The fourth-order valence-corrected chi connectivity index (χ4v) is 1.85. The lowest BCUT2D eigenvalue weighted by Crippen LogP contribution is -2.08. The summed E-state index contributed by atoms with van der Waals surface area (Å²) < 4.78 is 10.7. The number of nitrogens with two attached hydrogens (primary N) is 1. The van der Waals surface area contributed by atoms with Crippen LogP contribution in [0.15, 0.2) is 41.2 Å². The van der Waals surface area contributed by atoms with Crippen LogP contribution in [0.3, 0.4) is 0 Å². The normalized spacial score (nSPS) is 17.5. The van der Waals surface area contributed by atoms with Crippen molar-refractivity contribution >= 4 is 11.8 Å². The van der Waals surface area contributed by atoms with Crippen LogP contribution in [0.25, 0.3) is 6.08 Å². The zero-order valence-electron chi connectivity index (χ0n) is 8.96. The molecule has 0 saturated heterocycles. The van der Waals surface area contributed by atoms with E-state index < -0.39 is 0 Å². The summed E-state index contributed by atoms with van der Waals surface area (Å²) in [4.78, 5) is 0. The van der Waals surface area contributed by atoms with Gasteiger partial charge in [-0.1, -0.05) is 0 Å². The van der Waals surface area contributed by atoms with E-state index in [2.05, 4.69) is 0 Å². The molecule has 4 heteroatoms. The van der Waals surface area contributed by atoms with Gasteiger partial charge in [0.25, 0.3) is 0 Å². The van der Waals surface area contributed by atoms with Crippen molar-refractivity contribution in [3.63, 3.8) is 0 Å². The molecule has 1 aromatic carbocycles. The summed E-state index contributed by atoms with van der Waals surface area (Å²) in [5, 5.41) is 9.79. The monoisotopic (exact) mass is 229 g/mol. The molecule has 4 nitrogen and oxygen atoms in total. The first-order chi connectivity index (χ1) is 8.24. The van der Waals surface area contributed by atoms with E-state index >= 15 is 0 Å². The molecule has 0 spiro atoms. The van der Waals surface area contributed by atoms with E-state index in [-0.39, 0.29) is 11.9 Å². The molecule has 2 heterocycles. The highest BCUT2D eigenvalue weighted by Crippen LogP contribution is 2.36. The minimum atomic E-state index is -0.344. The Morgan fingerprint density at radius 3 is 3.00 bits per heavy atom. The zero-order chi connectivity index (χ0) is 11.8. The Kier molecular flexibility index (Phi) is 2.08. The molecule has 1 aromatic heterocycles. The van der Waals surface area contributed by atoms with Crippen molar-refractivity contribution in [3.8, 4) is 11.5 Å². The smallest absolute Gasteiger partial charge is 0.166 e. The molecule has 0 radical (unpaired) electrons. The van der Waals surface area contributed by atoms with Gasteiger partial charge in [-0.25, -0.2) is 0 Å². The second-order valence-electron chi connectivity index (χ2n) is 3.91. The molecule has 17 heavy (non-hydrogen) atoms. The van der Waals surface area contributed by atoms with Crippen molar-refractivity contribution in [1.29, 1.82) is 0 Å². The highest BCUT2D eigenvalue weighted by Gasteiger charge is 2.20. The molecule has 0 amide bonds. The van der Waals surface area contributed by atoms with Crippen molar-refractivity contribution in [2.45, 2.75) is 6.10 Å². The molecule has 0 bridgehead atoms. The number of nitrogen functional groups attached to an aromatic ring is 1. The summed E-state index contributed by atoms with van der Waals surface area (Å²) in [5.74, 6) is 0.833. The van der Waals surface area contributed by atoms with Crippen LogP contribution in [0.1, 0.15) is 17.2 Å². The van der Waals surface area contributed by atoms with Crippen LogP contribution in [0.5, 0.6) is 11.5 Å². The van der Waals surface area contributed by atoms with E-state index in [1.807, 2.05) is 12.2 Å². The van der Waals surface area contributed by atoms with Gasteiger partial charge in [0, 0.05) is 11.3 Å². The maximum Gasteiger partial charge on any atom is 0.166 e. The van der Waals surface area contributed by atoms with Gasteiger partial charge < -0.3 is 20.0 Å². The Bertz CT molecular complexity index is 586. The van der Waals surface area contributed by atoms with Crippen LogP contribution in [0.2, 0.25) is 0 Å². The van der Waals surface area contributed by atoms with E-state index in [0.29, 0.717) is 17.0 Å². The van der Waals surface area contributed by atoms with Crippen molar-refractivity contribution in [3.05, 3.63) is 47.9 Å². The number of aromatic hydroxyl groups is 1. The predicted molar refractivity (Wildman–Crippen MR) is 63.6 cm³/mol. The average Bonchev–Trinajstić information content (AvgIpc) is 2.79. The molecule has 0 aliphatic carbocycles. The molecular formula is C13H11NO3. The summed E-state index contributed by atoms with van der Waals surface area (Å²) in [6.07, 6.45) is 6.56. The molecule has 3 rings (SSSR count). The van der Waals surface area contributed by atoms with Gasteiger partial charge in [0.1, 0.15) is 24.4 Å². The van der Waals surface area contributed by atoms with Gasteiger partial charge >= 0.3 is 0 Å². The maximum atomic E-state index is 9.79. The fourth-order valence-electron chi connectivity index (χ4n) is 1.85. The number of fused-ring (bicyclic) bond motifs is 1. The number of anilines is 1. The predicted octanol–water partition coefficient (Wildman–Crippen LogP) is 2.71. The molecular weight excluding hydrogens is 218 g/mol. The quantitative estimate of drug-likeness (QED) is 0.582. The number of phenolic OH excluding ortho intramolecular Hbond substituents is 1. The molecule has 1 aliphatic heterocycles. The fraction of sp³-hybridized carbons (Fsp3) is 0.0769. The Balaban J connectivity index is 1.99. The third-order valence-corrected chi connectivity index (χ3v) is 2.72. The average molecular weight is 229 g/mol. The van der Waals surface area contributed by atoms with Crippen LogP contribution in [0.4, 0.5) is 5.69 Å². The summed E-state index contributed by atoms with van der Waals surface area (Å²) in [5.41, 5.74) is 7.83. The lowest BCUT2D eigenvalue weighted by Gasteiger charge is -2.20. The number of benzene rings is 1. The van der Waals surface area contributed by atoms with Crippen LogP contribution >= 0.6 is 0 Å². The Morgan fingerprint density at radius 2 is 2.12 bits per heavy atom. The highest BCUT2D eigenvalue weighted by atomic mass is 16.5. The summed E-state index contributed by atoms with van der Waals surface area (Å²) in [7, 11) is 0. The lowest BCUT2D eigenvalue weighted by atomic mass is 10.0. The maximum absolute atomic E-state index is 9.79. The first kappa shape index (κ1) is 9.84.